The largest absolute Gasteiger partial charge is 0.575 e. The van der Waals surface area contributed by atoms with Gasteiger partial charge in [-0.1, -0.05) is 42.5 Å². The van der Waals surface area contributed by atoms with Crippen LogP contribution in [0.2, 0.25) is 0 Å². The van der Waals surface area contributed by atoms with Crippen LogP contribution >= 0.6 is 0 Å². The fourth-order valence-electron chi connectivity index (χ4n) is 4.44. The molecule has 0 radical (unpaired) electrons. The Labute approximate surface area is 202 Å². The van der Waals surface area contributed by atoms with Crippen LogP contribution in [0.4, 0.5) is 0 Å². The normalized spacial score (nSPS) is 16.9. The van der Waals surface area contributed by atoms with Gasteiger partial charge in [-0.15, -0.1) is 0 Å². The van der Waals surface area contributed by atoms with E-state index in [9.17, 15) is 15.0 Å². The third-order valence-corrected chi connectivity index (χ3v) is 5.98. The molecule has 0 bridgehead atoms. The van der Waals surface area contributed by atoms with E-state index in [4.69, 9.17) is 14.5 Å². The van der Waals surface area contributed by atoms with Gasteiger partial charge in [0.2, 0.25) is 6.04 Å². The van der Waals surface area contributed by atoms with E-state index in [2.05, 4.69) is 0 Å². The van der Waals surface area contributed by atoms with Crippen LogP contribution in [0, 0.1) is 0 Å². The molecule has 0 saturated carbocycles. The quantitative estimate of drug-likeness (QED) is 0.356. The summed E-state index contributed by atoms with van der Waals surface area (Å²) in [6.07, 6.45) is 3.72. The van der Waals surface area contributed by atoms with Crippen LogP contribution in [0.25, 0.3) is 10.9 Å². The predicted molar refractivity (Wildman–Crippen MR) is 126 cm³/mol. The average Bonchev–Trinajstić information content (AvgIpc) is 2.83. The van der Waals surface area contributed by atoms with Gasteiger partial charge in [0.25, 0.3) is 0 Å². The summed E-state index contributed by atoms with van der Waals surface area (Å²) >= 11 is 0. The average molecular weight is 469 g/mol. The van der Waals surface area contributed by atoms with Crippen LogP contribution in [-0.4, -0.2) is 21.8 Å². The van der Waals surface area contributed by atoms with E-state index in [0.29, 0.717) is 11.3 Å². The summed E-state index contributed by atoms with van der Waals surface area (Å²) in [7, 11) is 0. The number of nitrogens with zero attached hydrogens (tertiary/aromatic N) is 2. The number of para-hydroxylation sites is 1. The van der Waals surface area contributed by atoms with Gasteiger partial charge in [-0.05, 0) is 43.7 Å². The van der Waals surface area contributed by atoms with Crippen molar-refractivity contribution in [1.29, 1.82) is 0 Å². The van der Waals surface area contributed by atoms with Crippen LogP contribution < -0.4 is 9.67 Å². The van der Waals surface area contributed by atoms with Crippen molar-refractivity contribution < 1.29 is 29.0 Å². The van der Waals surface area contributed by atoms with Crippen molar-refractivity contribution in [2.45, 2.75) is 31.6 Å². The van der Waals surface area contributed by atoms with Gasteiger partial charge in [0.15, 0.2) is 18.2 Å². The second-order valence-corrected chi connectivity index (χ2v) is 8.86. The maximum Gasteiger partial charge on any atom is 0.338 e. The number of phenolic OH excluding ortho intramolecular Hbond substituents is 1. The molecule has 176 valence electrons. The fourth-order valence-corrected chi connectivity index (χ4v) is 4.44. The molecule has 2 aromatic heterocycles. The molecule has 1 aliphatic heterocycles. The first-order valence-corrected chi connectivity index (χ1v) is 11.3. The van der Waals surface area contributed by atoms with Crippen molar-refractivity contribution in [3.05, 3.63) is 114 Å². The number of ether oxygens (including phenoxy) is 2. The number of pyridine rings is 2. The summed E-state index contributed by atoms with van der Waals surface area (Å²) < 4.78 is 12.9. The fraction of sp³-hybridized carbons (Fsp3) is 0.179. The first kappa shape index (κ1) is 22.4. The van der Waals surface area contributed by atoms with Crippen molar-refractivity contribution in [3.8, 4) is 5.75 Å². The topological polar surface area (TPSA) is 95.6 Å². The van der Waals surface area contributed by atoms with Crippen molar-refractivity contribution in [3.63, 3.8) is 0 Å². The van der Waals surface area contributed by atoms with Crippen LogP contribution in [0.1, 0.15) is 37.1 Å². The lowest BCUT2D eigenvalue weighted by Crippen LogP contribution is -2.47. The summed E-state index contributed by atoms with van der Waals surface area (Å²) in [5, 5.41) is 24.1. The number of carbonyl (C=O) groups is 1. The zero-order chi connectivity index (χ0) is 24.6. The summed E-state index contributed by atoms with van der Waals surface area (Å²) in [5.74, 6) is -3.60. The number of esters is 1. The highest BCUT2D eigenvalue weighted by Crippen LogP contribution is 2.41. The smallest absolute Gasteiger partial charge is 0.338 e. The van der Waals surface area contributed by atoms with Gasteiger partial charge in [0, 0.05) is 17.5 Å². The van der Waals surface area contributed by atoms with Gasteiger partial charge in [0.1, 0.15) is 11.4 Å². The maximum atomic E-state index is 13.2. The molecule has 0 aliphatic carbocycles. The molecule has 1 aliphatic rings. The van der Waals surface area contributed by atoms with E-state index in [-0.39, 0.29) is 11.3 Å². The molecule has 2 atom stereocenters. The molecule has 7 heteroatoms. The number of hydrogen-bond acceptors (Lipinski definition) is 6. The van der Waals surface area contributed by atoms with E-state index in [1.165, 1.54) is 26.0 Å². The van der Waals surface area contributed by atoms with Crippen molar-refractivity contribution in [2.75, 3.05) is 0 Å². The van der Waals surface area contributed by atoms with E-state index in [1.807, 2.05) is 71.6 Å². The Morgan fingerprint density at radius 3 is 2.34 bits per heavy atom. The number of phenols is 1. The minimum atomic E-state index is -1.37. The van der Waals surface area contributed by atoms with E-state index >= 15 is 0 Å². The number of cyclic esters (lactones) is 1. The van der Waals surface area contributed by atoms with Crippen LogP contribution in [0.15, 0.2) is 103 Å². The van der Waals surface area contributed by atoms with Gasteiger partial charge in [-0.3, -0.25) is 0 Å². The number of benzene rings is 2. The Bertz CT molecular complexity index is 1410. The lowest BCUT2D eigenvalue weighted by molar-refractivity contribution is -0.716. The molecule has 7 nitrogen and oxygen atoms in total. The number of aromatic hydroxyl groups is 1. The highest BCUT2D eigenvalue weighted by Gasteiger charge is 2.43. The molecular weight excluding hydrogens is 444 g/mol. The van der Waals surface area contributed by atoms with Gasteiger partial charge < -0.3 is 19.7 Å². The molecule has 5 rings (SSSR count). The molecule has 3 heterocycles. The van der Waals surface area contributed by atoms with Gasteiger partial charge in [0.05, 0.1) is 23.0 Å². The highest BCUT2D eigenvalue weighted by molar-refractivity contribution is 5.91. The Kier molecular flexibility index (Phi) is 5.61. The molecule has 0 amide bonds. The van der Waals surface area contributed by atoms with Gasteiger partial charge >= 0.3 is 5.97 Å². The Morgan fingerprint density at radius 2 is 1.63 bits per heavy atom. The minimum absolute atomic E-state index is 0.0696. The number of rotatable bonds is 5. The number of aromatic nitrogens is 2. The molecule has 0 spiro atoms. The second kappa shape index (κ2) is 8.76. The molecule has 4 aromatic rings. The summed E-state index contributed by atoms with van der Waals surface area (Å²) in [4.78, 5) is 18.1. The van der Waals surface area contributed by atoms with Crippen molar-refractivity contribution >= 4 is 16.9 Å². The second-order valence-electron chi connectivity index (χ2n) is 8.86. The Hall–Kier alpha value is -4.39. The summed E-state index contributed by atoms with van der Waals surface area (Å²) in [6, 6.07) is 23.0. The first-order valence-electron chi connectivity index (χ1n) is 11.3. The molecule has 2 unspecified atom stereocenters. The van der Waals surface area contributed by atoms with Crippen LogP contribution in [0.5, 0.6) is 5.75 Å². The number of carbonyl (C=O) groups excluding carboxylic acids is 1. The summed E-state index contributed by atoms with van der Waals surface area (Å²) in [5.41, 5.74) is 1.93. The maximum absolute atomic E-state index is 13.2. The van der Waals surface area contributed by atoms with Crippen molar-refractivity contribution in [2.24, 2.45) is 0 Å². The lowest BCUT2D eigenvalue weighted by Gasteiger charge is -2.41. The Balaban J connectivity index is 1.77. The standard InChI is InChI=1S/C28H24N2O5/c1-28(2)34-26(32)24(27(33)35-28)23(19-10-13-20(31)14-11-19)25(30-16-6-3-7-17-30)22-15-12-18-8-4-5-9-21(18)29-22/h3-17,23,25H,1-2H3,(H-,31,32,33). The highest BCUT2D eigenvalue weighted by atomic mass is 16.8. The molecule has 0 fully saturated rings. The zero-order valence-electron chi connectivity index (χ0n) is 19.3. The van der Waals surface area contributed by atoms with Crippen molar-refractivity contribution in [1.82, 2.24) is 4.98 Å². The SMILES string of the molecule is CC1(C)OC(=O)C(C(c2ccc(O)cc2)C(c2ccc3ccccc3n2)[n+]2ccccc2)=C([O-])O1. The monoisotopic (exact) mass is 468 g/mol. The summed E-state index contributed by atoms with van der Waals surface area (Å²) in [6.45, 7) is 3.03. The van der Waals surface area contributed by atoms with Crippen LogP contribution in [0.3, 0.4) is 0 Å². The number of fused-ring (bicyclic) bond motifs is 1. The third kappa shape index (κ3) is 4.40. The van der Waals surface area contributed by atoms with E-state index < -0.39 is 29.7 Å². The molecule has 0 saturated heterocycles. The lowest BCUT2D eigenvalue weighted by atomic mass is 9.82. The van der Waals surface area contributed by atoms with Gasteiger partial charge in [-0.2, -0.15) is 4.57 Å². The molecule has 1 N–H and O–H groups in total. The van der Waals surface area contributed by atoms with E-state index in [1.54, 1.807) is 12.1 Å². The number of hydrogen-bond donors (Lipinski definition) is 1. The zero-order valence-corrected chi connectivity index (χ0v) is 19.3. The minimum Gasteiger partial charge on any atom is -0.575 e. The molecule has 2 aromatic carbocycles. The first-order chi connectivity index (χ1) is 16.8. The third-order valence-electron chi connectivity index (χ3n) is 5.98. The van der Waals surface area contributed by atoms with E-state index in [0.717, 1.165) is 10.9 Å². The molecule has 35 heavy (non-hydrogen) atoms. The predicted octanol–water partition coefficient (Wildman–Crippen LogP) is 3.48. The van der Waals surface area contributed by atoms with Crippen LogP contribution in [-0.2, 0) is 14.3 Å². The molecular formula is C28H24N2O5. The Morgan fingerprint density at radius 1 is 0.914 bits per heavy atom. The van der Waals surface area contributed by atoms with Gasteiger partial charge in [-0.25, -0.2) is 9.78 Å².